The first kappa shape index (κ1) is 21.7. The Hall–Kier alpha value is -3.12. The molecule has 1 aliphatic carbocycles. The molecule has 0 radical (unpaired) electrons. The van der Waals surface area contributed by atoms with Crippen LogP contribution in [0.2, 0.25) is 0 Å². The van der Waals surface area contributed by atoms with Gasteiger partial charge >= 0.3 is 0 Å². The summed E-state index contributed by atoms with van der Waals surface area (Å²) in [6.45, 7) is 5.90. The Morgan fingerprint density at radius 1 is 1.03 bits per heavy atom. The number of nitrogens with zero attached hydrogens (tertiary/aromatic N) is 3. The van der Waals surface area contributed by atoms with Crippen LogP contribution in [0.3, 0.4) is 0 Å². The maximum Gasteiger partial charge on any atom is 0.151 e. The second-order valence-electron chi connectivity index (χ2n) is 9.47. The lowest BCUT2D eigenvalue weighted by Crippen LogP contribution is -2.37. The number of rotatable bonds is 9. The number of aldehydes is 1. The second-order valence-corrected chi connectivity index (χ2v) is 9.47. The van der Waals surface area contributed by atoms with E-state index in [1.165, 1.54) is 18.5 Å². The van der Waals surface area contributed by atoms with Gasteiger partial charge < -0.3 is 19.2 Å². The molecule has 1 saturated carbocycles. The molecule has 0 spiro atoms. The van der Waals surface area contributed by atoms with Crippen molar-refractivity contribution < 1.29 is 14.3 Å². The molecule has 2 fully saturated rings. The Bertz CT molecular complexity index is 1130. The van der Waals surface area contributed by atoms with E-state index in [1.807, 2.05) is 22.9 Å². The zero-order chi connectivity index (χ0) is 22.8. The molecule has 0 N–H and O–H groups in total. The smallest absolute Gasteiger partial charge is 0.151 e. The lowest BCUT2D eigenvalue weighted by Gasteiger charge is -2.34. The average Bonchev–Trinajstić information content (AvgIpc) is 3.19. The van der Waals surface area contributed by atoms with Gasteiger partial charge in [-0.2, -0.15) is 5.10 Å². The van der Waals surface area contributed by atoms with Crippen molar-refractivity contribution in [1.82, 2.24) is 9.78 Å². The van der Waals surface area contributed by atoms with Crippen LogP contribution >= 0.6 is 0 Å². The average molecular weight is 446 g/mol. The first-order valence-electron chi connectivity index (χ1n) is 11.8. The second kappa shape index (κ2) is 9.02. The van der Waals surface area contributed by atoms with Gasteiger partial charge in [-0.25, -0.2) is 4.68 Å². The molecule has 3 aromatic rings. The van der Waals surface area contributed by atoms with Gasteiger partial charge in [0.05, 0.1) is 35.5 Å². The number of hydrogen-bond donors (Lipinski definition) is 0. The van der Waals surface area contributed by atoms with E-state index in [9.17, 15) is 4.79 Å². The van der Waals surface area contributed by atoms with E-state index in [0.29, 0.717) is 6.10 Å². The van der Waals surface area contributed by atoms with Crippen LogP contribution in [0.4, 0.5) is 5.69 Å². The van der Waals surface area contributed by atoms with E-state index in [1.54, 1.807) is 13.8 Å². The molecule has 172 valence electrons. The number of ether oxygens (including phenoxy) is 2. The molecule has 5 rings (SSSR count). The van der Waals surface area contributed by atoms with Crippen molar-refractivity contribution in [2.75, 3.05) is 18.0 Å². The maximum absolute atomic E-state index is 11.3. The largest absolute Gasteiger partial charge is 0.490 e. The van der Waals surface area contributed by atoms with Crippen LogP contribution in [0.15, 0.2) is 54.6 Å². The molecule has 2 aliphatic rings. The molecule has 1 aromatic heterocycles. The normalized spacial score (nSPS) is 16.2. The van der Waals surface area contributed by atoms with Crippen molar-refractivity contribution in [3.05, 3.63) is 60.3 Å². The fraction of sp³-hybridized carbons (Fsp3) is 0.407. The quantitative estimate of drug-likeness (QED) is 0.425. The van der Waals surface area contributed by atoms with E-state index >= 15 is 0 Å². The summed E-state index contributed by atoms with van der Waals surface area (Å²) in [5.74, 6) is 0.890. The van der Waals surface area contributed by atoms with Gasteiger partial charge in [0.2, 0.25) is 0 Å². The van der Waals surface area contributed by atoms with Gasteiger partial charge in [-0.3, -0.25) is 0 Å². The zero-order valence-electron chi connectivity index (χ0n) is 19.4. The van der Waals surface area contributed by atoms with E-state index < -0.39 is 5.60 Å². The van der Waals surface area contributed by atoms with Gasteiger partial charge in [0.25, 0.3) is 0 Å². The lowest BCUT2D eigenvalue weighted by molar-refractivity contribution is -0.128. The summed E-state index contributed by atoms with van der Waals surface area (Å²) in [4.78, 5) is 13.7. The van der Waals surface area contributed by atoms with Crippen LogP contribution in [-0.2, 0) is 16.1 Å². The Balaban J connectivity index is 1.53. The molecule has 1 saturated heterocycles. The van der Waals surface area contributed by atoms with Gasteiger partial charge in [-0.15, -0.1) is 0 Å². The molecule has 0 bridgehead atoms. The van der Waals surface area contributed by atoms with Crippen molar-refractivity contribution in [2.45, 2.75) is 57.8 Å². The fourth-order valence-electron chi connectivity index (χ4n) is 4.06. The van der Waals surface area contributed by atoms with Crippen LogP contribution in [0.25, 0.3) is 16.9 Å². The van der Waals surface area contributed by atoms with Crippen LogP contribution in [0, 0.1) is 0 Å². The van der Waals surface area contributed by atoms with E-state index in [4.69, 9.17) is 14.6 Å². The molecule has 33 heavy (non-hydrogen) atoms. The zero-order valence-corrected chi connectivity index (χ0v) is 19.4. The number of carbonyl (C=O) groups is 1. The third-order valence-electron chi connectivity index (χ3n) is 6.43. The molecule has 6 nitrogen and oxygen atoms in total. The predicted molar refractivity (Wildman–Crippen MR) is 129 cm³/mol. The van der Waals surface area contributed by atoms with Gasteiger partial charge in [-0.1, -0.05) is 24.3 Å². The molecule has 0 unspecified atom stereocenters. The standard InChI is InChI=1S/C27H31N3O3/c1-27(2,19-31)32-18-21-17-26(20-8-5-11-23(16-20)33-22-9-6-10-22)30(28-21)25-13-4-3-12-24(25)29-14-7-15-29/h3-5,8,11-13,16-17,19,22H,6-7,9-10,14-15,18H2,1-2H3. The summed E-state index contributed by atoms with van der Waals surface area (Å²) in [7, 11) is 0. The summed E-state index contributed by atoms with van der Waals surface area (Å²) >= 11 is 0. The lowest BCUT2D eigenvalue weighted by atomic mass is 9.96. The Morgan fingerprint density at radius 2 is 1.82 bits per heavy atom. The van der Waals surface area contributed by atoms with Crippen molar-refractivity contribution >= 4 is 12.0 Å². The highest BCUT2D eigenvalue weighted by Crippen LogP contribution is 2.34. The van der Waals surface area contributed by atoms with Gasteiger partial charge in [-0.05, 0) is 69.9 Å². The highest BCUT2D eigenvalue weighted by atomic mass is 16.5. The topological polar surface area (TPSA) is 56.6 Å². The molecular formula is C27H31N3O3. The summed E-state index contributed by atoms with van der Waals surface area (Å²) < 4.78 is 14.0. The monoisotopic (exact) mass is 445 g/mol. The van der Waals surface area contributed by atoms with Crippen molar-refractivity contribution in [3.8, 4) is 22.7 Å². The summed E-state index contributed by atoms with van der Waals surface area (Å²) in [5, 5.41) is 4.92. The predicted octanol–water partition coefficient (Wildman–Crippen LogP) is 5.17. The summed E-state index contributed by atoms with van der Waals surface area (Å²) in [6.07, 6.45) is 5.85. The maximum atomic E-state index is 11.3. The van der Waals surface area contributed by atoms with E-state index in [2.05, 4.69) is 41.3 Å². The van der Waals surface area contributed by atoms with Crippen molar-refractivity contribution in [2.24, 2.45) is 0 Å². The van der Waals surface area contributed by atoms with Crippen LogP contribution < -0.4 is 9.64 Å². The number of benzene rings is 2. The number of anilines is 1. The van der Waals surface area contributed by atoms with Crippen LogP contribution in [0.1, 0.15) is 45.2 Å². The highest BCUT2D eigenvalue weighted by Gasteiger charge is 2.23. The van der Waals surface area contributed by atoms with Gasteiger partial charge in [0.1, 0.15) is 11.4 Å². The van der Waals surface area contributed by atoms with E-state index in [-0.39, 0.29) is 6.61 Å². The SMILES string of the molecule is CC(C)(C=O)OCc1cc(-c2cccc(OC3CCC3)c2)n(-c2ccccc2N2CCC2)n1. The minimum atomic E-state index is -0.851. The van der Waals surface area contributed by atoms with E-state index in [0.717, 1.165) is 60.6 Å². The van der Waals surface area contributed by atoms with Crippen LogP contribution in [0.5, 0.6) is 5.75 Å². The Labute approximate surface area is 195 Å². The summed E-state index contributed by atoms with van der Waals surface area (Å²) in [6, 6.07) is 18.7. The molecule has 2 heterocycles. The van der Waals surface area contributed by atoms with Gasteiger partial charge in [0.15, 0.2) is 6.29 Å². The fourth-order valence-corrected chi connectivity index (χ4v) is 4.06. The first-order valence-corrected chi connectivity index (χ1v) is 11.8. The minimum absolute atomic E-state index is 0.260. The third kappa shape index (κ3) is 4.67. The Kier molecular flexibility index (Phi) is 5.94. The van der Waals surface area contributed by atoms with Gasteiger partial charge in [0, 0.05) is 18.7 Å². The van der Waals surface area contributed by atoms with Crippen LogP contribution in [-0.4, -0.2) is 40.9 Å². The van der Waals surface area contributed by atoms with Crippen molar-refractivity contribution in [1.29, 1.82) is 0 Å². The number of hydrogen-bond acceptors (Lipinski definition) is 5. The Morgan fingerprint density at radius 3 is 2.48 bits per heavy atom. The first-order chi connectivity index (χ1) is 16.0. The third-order valence-corrected chi connectivity index (χ3v) is 6.43. The molecule has 6 heteroatoms. The van der Waals surface area contributed by atoms with Crippen molar-refractivity contribution in [3.63, 3.8) is 0 Å². The number of aromatic nitrogens is 2. The molecule has 0 atom stereocenters. The molecular weight excluding hydrogens is 414 g/mol. The number of para-hydroxylation sites is 2. The molecule has 1 aliphatic heterocycles. The summed E-state index contributed by atoms with van der Waals surface area (Å²) in [5.41, 5.74) is 4.16. The number of carbonyl (C=O) groups excluding carboxylic acids is 1. The highest BCUT2D eigenvalue weighted by molar-refractivity contribution is 5.70. The minimum Gasteiger partial charge on any atom is -0.490 e. The molecule has 0 amide bonds. The molecule has 2 aromatic carbocycles.